The second-order valence-electron chi connectivity index (χ2n) is 7.40. The van der Waals surface area contributed by atoms with E-state index in [2.05, 4.69) is 22.3 Å². The van der Waals surface area contributed by atoms with Crippen LogP contribution in [0.2, 0.25) is 0 Å². The average molecular weight is 384 g/mol. The molecule has 0 bridgehead atoms. The minimum absolute atomic E-state index is 0.0225. The van der Waals surface area contributed by atoms with Crippen LogP contribution in [0.5, 0.6) is 0 Å². The molecule has 29 heavy (non-hydrogen) atoms. The predicted molar refractivity (Wildman–Crippen MR) is 117 cm³/mol. The smallest absolute Gasteiger partial charge is 0.227 e. The number of hydrogen-bond donors (Lipinski definition) is 1. The van der Waals surface area contributed by atoms with Gasteiger partial charge in [-0.25, -0.2) is 0 Å². The number of hydrogen-bond acceptors (Lipinski definition) is 3. The number of rotatable bonds is 5. The van der Waals surface area contributed by atoms with Gasteiger partial charge in [-0.15, -0.1) is 0 Å². The summed E-state index contributed by atoms with van der Waals surface area (Å²) in [5.74, 6) is 0.114. The maximum absolute atomic E-state index is 12.7. The fraction of sp³-hybridized carbons (Fsp3) is 0.200. The third kappa shape index (κ3) is 4.54. The van der Waals surface area contributed by atoms with Crippen molar-refractivity contribution in [2.24, 2.45) is 5.92 Å². The number of benzene rings is 3. The van der Waals surface area contributed by atoms with E-state index < -0.39 is 0 Å². The highest BCUT2D eigenvalue weighted by molar-refractivity contribution is 5.93. The fourth-order valence-electron chi connectivity index (χ4n) is 3.78. The fourth-order valence-corrected chi connectivity index (χ4v) is 3.78. The van der Waals surface area contributed by atoms with Gasteiger partial charge < -0.3 is 10.2 Å². The van der Waals surface area contributed by atoms with Gasteiger partial charge in [0.15, 0.2) is 0 Å². The molecule has 1 heterocycles. The summed E-state index contributed by atoms with van der Waals surface area (Å²) in [7, 11) is 0. The van der Waals surface area contributed by atoms with Crippen molar-refractivity contribution in [1.29, 1.82) is 0 Å². The van der Waals surface area contributed by atoms with Crippen LogP contribution in [0.3, 0.4) is 0 Å². The summed E-state index contributed by atoms with van der Waals surface area (Å²) in [6, 6.07) is 25.8. The maximum atomic E-state index is 12.7. The Balaban J connectivity index is 1.32. The molecule has 1 fully saturated rings. The summed E-state index contributed by atoms with van der Waals surface area (Å²) in [6.07, 6.45) is 2.50. The lowest BCUT2D eigenvalue weighted by Gasteiger charge is -2.33. The molecule has 0 aliphatic carbocycles. The Bertz CT molecular complexity index is 958. The standard InChI is InChI=1S/C25H24N2O2/c28-18-19-6-12-24(13-7-19)27-16-14-22(15-17-27)25(29)26-23-10-8-21(9-11-23)20-4-2-1-3-5-20/h1-13,18,22H,14-17H2,(H,26,29). The van der Waals surface area contributed by atoms with Crippen LogP contribution in [0.4, 0.5) is 11.4 Å². The van der Waals surface area contributed by atoms with Crippen molar-refractivity contribution in [1.82, 2.24) is 0 Å². The molecular formula is C25H24N2O2. The van der Waals surface area contributed by atoms with Crippen molar-refractivity contribution in [2.75, 3.05) is 23.3 Å². The van der Waals surface area contributed by atoms with Crippen molar-refractivity contribution in [3.63, 3.8) is 0 Å². The predicted octanol–water partition coefficient (Wildman–Crippen LogP) is 5.02. The zero-order valence-electron chi connectivity index (χ0n) is 16.3. The average Bonchev–Trinajstić information content (AvgIpc) is 2.80. The highest BCUT2D eigenvalue weighted by Gasteiger charge is 2.25. The van der Waals surface area contributed by atoms with E-state index in [4.69, 9.17) is 0 Å². The summed E-state index contributed by atoms with van der Waals surface area (Å²) in [6.45, 7) is 1.68. The van der Waals surface area contributed by atoms with Gasteiger partial charge in [-0.05, 0) is 60.4 Å². The summed E-state index contributed by atoms with van der Waals surface area (Å²) in [5, 5.41) is 3.06. The summed E-state index contributed by atoms with van der Waals surface area (Å²) in [5.41, 5.74) is 4.92. The van der Waals surface area contributed by atoms with E-state index in [1.54, 1.807) is 0 Å². The minimum Gasteiger partial charge on any atom is -0.371 e. The van der Waals surface area contributed by atoms with E-state index in [-0.39, 0.29) is 11.8 Å². The third-order valence-electron chi connectivity index (χ3n) is 5.52. The number of anilines is 2. The monoisotopic (exact) mass is 384 g/mol. The number of nitrogens with zero attached hydrogens (tertiary/aromatic N) is 1. The van der Waals surface area contributed by atoms with Crippen molar-refractivity contribution in [3.05, 3.63) is 84.4 Å². The molecule has 0 radical (unpaired) electrons. The molecule has 0 unspecified atom stereocenters. The highest BCUT2D eigenvalue weighted by atomic mass is 16.1. The van der Waals surface area contributed by atoms with Gasteiger partial charge in [0.2, 0.25) is 5.91 Å². The molecule has 4 rings (SSSR count). The third-order valence-corrected chi connectivity index (χ3v) is 5.52. The lowest BCUT2D eigenvalue weighted by Crippen LogP contribution is -2.38. The van der Waals surface area contributed by atoms with Crippen molar-refractivity contribution < 1.29 is 9.59 Å². The molecule has 0 aromatic heterocycles. The Morgan fingerprint density at radius 1 is 0.828 bits per heavy atom. The van der Waals surface area contributed by atoms with Crippen molar-refractivity contribution >= 4 is 23.6 Å². The lowest BCUT2D eigenvalue weighted by atomic mass is 9.95. The van der Waals surface area contributed by atoms with Gasteiger partial charge in [0.05, 0.1) is 0 Å². The van der Waals surface area contributed by atoms with E-state index in [9.17, 15) is 9.59 Å². The summed E-state index contributed by atoms with van der Waals surface area (Å²) in [4.78, 5) is 25.7. The highest BCUT2D eigenvalue weighted by Crippen LogP contribution is 2.25. The lowest BCUT2D eigenvalue weighted by molar-refractivity contribution is -0.120. The van der Waals surface area contributed by atoms with Gasteiger partial charge in [-0.2, -0.15) is 0 Å². The van der Waals surface area contributed by atoms with Crippen molar-refractivity contribution in [3.8, 4) is 11.1 Å². The molecule has 1 saturated heterocycles. The summed E-state index contributed by atoms with van der Waals surface area (Å²) < 4.78 is 0. The first-order valence-corrected chi connectivity index (χ1v) is 9.99. The molecule has 0 spiro atoms. The zero-order valence-corrected chi connectivity index (χ0v) is 16.3. The van der Waals surface area contributed by atoms with Crippen LogP contribution >= 0.6 is 0 Å². The van der Waals surface area contributed by atoms with E-state index in [1.807, 2.05) is 66.7 Å². The van der Waals surface area contributed by atoms with Gasteiger partial charge in [0.25, 0.3) is 0 Å². The molecule has 1 aliphatic heterocycles. The Kier molecular flexibility index (Phi) is 5.71. The molecule has 0 saturated carbocycles. The molecule has 0 atom stereocenters. The maximum Gasteiger partial charge on any atom is 0.227 e. The van der Waals surface area contributed by atoms with Crippen LogP contribution in [-0.4, -0.2) is 25.3 Å². The van der Waals surface area contributed by atoms with Crippen LogP contribution in [0.1, 0.15) is 23.2 Å². The first kappa shape index (κ1) is 18.9. The topological polar surface area (TPSA) is 49.4 Å². The van der Waals surface area contributed by atoms with Gasteiger partial charge in [-0.1, -0.05) is 42.5 Å². The molecule has 3 aromatic rings. The van der Waals surface area contributed by atoms with Crippen LogP contribution in [0.15, 0.2) is 78.9 Å². The molecule has 146 valence electrons. The van der Waals surface area contributed by atoms with Gasteiger partial charge >= 0.3 is 0 Å². The Hall–Kier alpha value is -3.40. The Morgan fingerprint density at radius 2 is 1.45 bits per heavy atom. The van der Waals surface area contributed by atoms with Gasteiger partial charge in [0, 0.05) is 35.9 Å². The molecule has 1 aliphatic rings. The Labute approximate surface area is 171 Å². The number of amides is 1. The van der Waals surface area contributed by atoms with E-state index in [1.165, 1.54) is 5.56 Å². The largest absolute Gasteiger partial charge is 0.371 e. The van der Waals surface area contributed by atoms with Crippen molar-refractivity contribution in [2.45, 2.75) is 12.8 Å². The molecule has 1 N–H and O–H groups in total. The SMILES string of the molecule is O=Cc1ccc(N2CCC(C(=O)Nc3ccc(-c4ccccc4)cc3)CC2)cc1. The number of carbonyl (C=O) groups is 2. The first-order valence-electron chi connectivity index (χ1n) is 9.99. The Morgan fingerprint density at radius 3 is 2.07 bits per heavy atom. The van der Waals surface area contributed by atoms with Crippen LogP contribution in [0, 0.1) is 5.92 Å². The minimum atomic E-state index is 0.0225. The van der Waals surface area contributed by atoms with Gasteiger partial charge in [0.1, 0.15) is 6.29 Å². The van der Waals surface area contributed by atoms with E-state index in [0.29, 0.717) is 5.56 Å². The normalized spacial score (nSPS) is 14.4. The quantitative estimate of drug-likeness (QED) is 0.628. The van der Waals surface area contributed by atoms with Crippen LogP contribution in [-0.2, 0) is 4.79 Å². The first-order chi connectivity index (χ1) is 14.2. The van der Waals surface area contributed by atoms with Crippen LogP contribution < -0.4 is 10.2 Å². The summed E-state index contributed by atoms with van der Waals surface area (Å²) >= 11 is 0. The van der Waals surface area contributed by atoms with Gasteiger partial charge in [-0.3, -0.25) is 9.59 Å². The van der Waals surface area contributed by atoms with E-state index >= 15 is 0 Å². The number of carbonyl (C=O) groups excluding carboxylic acids is 2. The number of nitrogens with one attached hydrogen (secondary N) is 1. The molecule has 3 aromatic carbocycles. The number of aldehydes is 1. The second-order valence-corrected chi connectivity index (χ2v) is 7.40. The van der Waals surface area contributed by atoms with Crippen LogP contribution in [0.25, 0.3) is 11.1 Å². The molecule has 4 nitrogen and oxygen atoms in total. The van der Waals surface area contributed by atoms with E-state index in [0.717, 1.165) is 49.2 Å². The number of piperidine rings is 1. The second kappa shape index (κ2) is 8.74. The zero-order chi connectivity index (χ0) is 20.1. The molecular weight excluding hydrogens is 360 g/mol. The molecule has 1 amide bonds. The molecule has 4 heteroatoms.